The first-order chi connectivity index (χ1) is 9.31. The van der Waals surface area contributed by atoms with Crippen LogP contribution in [0, 0.1) is 6.92 Å². The first-order valence-corrected chi connectivity index (χ1v) is 6.48. The second-order valence-corrected chi connectivity index (χ2v) is 4.79. The van der Waals surface area contributed by atoms with E-state index in [1.54, 1.807) is 0 Å². The van der Waals surface area contributed by atoms with Crippen molar-refractivity contribution >= 4 is 10.8 Å². The number of fused-ring (bicyclic) bond motifs is 1. The van der Waals surface area contributed by atoms with Gasteiger partial charge in [-0.1, -0.05) is 60.2 Å². The maximum atomic E-state index is 5.83. The molecule has 0 amide bonds. The predicted molar refractivity (Wildman–Crippen MR) is 79.5 cm³/mol. The van der Waals surface area contributed by atoms with E-state index in [9.17, 15) is 0 Å². The minimum atomic E-state index is 0.609. The molecule has 0 aliphatic rings. The average molecular weight is 248 g/mol. The van der Waals surface area contributed by atoms with E-state index >= 15 is 0 Å². The molecule has 3 aromatic carbocycles. The molecule has 0 spiro atoms. The summed E-state index contributed by atoms with van der Waals surface area (Å²) in [7, 11) is 0. The smallest absolute Gasteiger partial charge is 0.120 e. The predicted octanol–water partition coefficient (Wildman–Crippen LogP) is 4.73. The van der Waals surface area contributed by atoms with Crippen molar-refractivity contribution in [3.63, 3.8) is 0 Å². The summed E-state index contributed by atoms with van der Waals surface area (Å²) in [6.45, 7) is 2.72. The van der Waals surface area contributed by atoms with Crippen molar-refractivity contribution in [2.75, 3.05) is 0 Å². The van der Waals surface area contributed by atoms with Gasteiger partial charge in [-0.15, -0.1) is 0 Å². The van der Waals surface area contributed by atoms with Crippen molar-refractivity contribution in [2.24, 2.45) is 0 Å². The summed E-state index contributed by atoms with van der Waals surface area (Å²) in [6, 6.07) is 22.9. The van der Waals surface area contributed by atoms with Gasteiger partial charge in [-0.2, -0.15) is 0 Å². The highest BCUT2D eigenvalue weighted by Crippen LogP contribution is 2.22. The lowest BCUT2D eigenvalue weighted by atomic mass is 10.1. The SMILES string of the molecule is Cc1ccc2cc(OCc3ccccc3)ccc2c1. The Morgan fingerprint density at radius 2 is 1.53 bits per heavy atom. The summed E-state index contributed by atoms with van der Waals surface area (Å²) in [6.07, 6.45) is 0. The Labute approximate surface area is 113 Å². The van der Waals surface area contributed by atoms with Gasteiger partial charge < -0.3 is 4.74 Å². The quantitative estimate of drug-likeness (QED) is 0.651. The van der Waals surface area contributed by atoms with Gasteiger partial charge in [-0.05, 0) is 35.4 Å². The lowest BCUT2D eigenvalue weighted by Gasteiger charge is -2.07. The van der Waals surface area contributed by atoms with Crippen molar-refractivity contribution < 1.29 is 4.74 Å². The summed E-state index contributed by atoms with van der Waals surface area (Å²) < 4.78 is 5.83. The molecule has 0 unspecified atom stereocenters. The van der Waals surface area contributed by atoms with Crippen LogP contribution >= 0.6 is 0 Å². The summed E-state index contributed by atoms with van der Waals surface area (Å²) in [5.74, 6) is 0.917. The monoisotopic (exact) mass is 248 g/mol. The first kappa shape index (κ1) is 11.8. The van der Waals surface area contributed by atoms with Gasteiger partial charge in [-0.3, -0.25) is 0 Å². The molecule has 0 aliphatic heterocycles. The third-order valence-electron chi connectivity index (χ3n) is 3.22. The first-order valence-electron chi connectivity index (χ1n) is 6.48. The molecule has 0 saturated heterocycles. The Kier molecular flexibility index (Phi) is 3.20. The molecule has 0 bridgehead atoms. The number of aryl methyl sites for hydroxylation is 1. The molecule has 0 saturated carbocycles. The fourth-order valence-corrected chi connectivity index (χ4v) is 2.17. The number of benzene rings is 3. The van der Waals surface area contributed by atoms with Gasteiger partial charge in [0.15, 0.2) is 0 Å². The van der Waals surface area contributed by atoms with Crippen molar-refractivity contribution in [2.45, 2.75) is 13.5 Å². The van der Waals surface area contributed by atoms with Crippen LogP contribution in [-0.4, -0.2) is 0 Å². The van der Waals surface area contributed by atoms with E-state index in [1.165, 1.54) is 21.9 Å². The Morgan fingerprint density at radius 3 is 2.37 bits per heavy atom. The highest BCUT2D eigenvalue weighted by atomic mass is 16.5. The highest BCUT2D eigenvalue weighted by molar-refractivity contribution is 5.84. The van der Waals surface area contributed by atoms with Crippen LogP contribution in [0.15, 0.2) is 66.7 Å². The molecule has 0 radical (unpaired) electrons. The molecular weight excluding hydrogens is 232 g/mol. The van der Waals surface area contributed by atoms with Crippen LogP contribution < -0.4 is 4.74 Å². The maximum absolute atomic E-state index is 5.83. The number of hydrogen-bond acceptors (Lipinski definition) is 1. The minimum absolute atomic E-state index is 0.609. The van der Waals surface area contributed by atoms with E-state index in [4.69, 9.17) is 4.74 Å². The van der Waals surface area contributed by atoms with Gasteiger partial charge in [-0.25, -0.2) is 0 Å². The van der Waals surface area contributed by atoms with E-state index in [2.05, 4.69) is 49.4 Å². The molecule has 0 aromatic heterocycles. The largest absolute Gasteiger partial charge is 0.489 e. The lowest BCUT2D eigenvalue weighted by molar-refractivity contribution is 0.306. The van der Waals surface area contributed by atoms with E-state index in [1.807, 2.05) is 24.3 Å². The van der Waals surface area contributed by atoms with Gasteiger partial charge >= 0.3 is 0 Å². The zero-order valence-corrected chi connectivity index (χ0v) is 11.0. The van der Waals surface area contributed by atoms with E-state index in [0.29, 0.717) is 6.61 Å². The standard InChI is InChI=1S/C18H16O/c1-14-7-8-17-12-18(10-9-16(17)11-14)19-13-15-5-3-2-4-6-15/h2-12H,13H2,1H3. The molecular formula is C18H16O. The Hall–Kier alpha value is -2.28. The number of ether oxygens (including phenoxy) is 1. The van der Waals surface area contributed by atoms with E-state index in [-0.39, 0.29) is 0 Å². The molecule has 0 atom stereocenters. The molecule has 1 nitrogen and oxygen atoms in total. The molecule has 19 heavy (non-hydrogen) atoms. The third kappa shape index (κ3) is 2.76. The van der Waals surface area contributed by atoms with Gasteiger partial charge in [0, 0.05) is 0 Å². The molecule has 3 rings (SSSR count). The molecule has 94 valence electrons. The summed E-state index contributed by atoms with van der Waals surface area (Å²) in [4.78, 5) is 0. The van der Waals surface area contributed by atoms with Crippen LogP contribution in [0.25, 0.3) is 10.8 Å². The molecule has 0 fully saturated rings. The normalized spacial score (nSPS) is 10.6. The highest BCUT2D eigenvalue weighted by Gasteiger charge is 1.99. The average Bonchev–Trinajstić information content (AvgIpc) is 2.46. The van der Waals surface area contributed by atoms with Crippen LogP contribution in [0.4, 0.5) is 0 Å². The number of rotatable bonds is 3. The Balaban J connectivity index is 1.80. The second kappa shape index (κ2) is 5.15. The van der Waals surface area contributed by atoms with E-state index < -0.39 is 0 Å². The van der Waals surface area contributed by atoms with Crippen molar-refractivity contribution in [3.05, 3.63) is 77.9 Å². The van der Waals surface area contributed by atoms with Crippen molar-refractivity contribution in [1.82, 2.24) is 0 Å². The van der Waals surface area contributed by atoms with Crippen molar-refractivity contribution in [1.29, 1.82) is 0 Å². The van der Waals surface area contributed by atoms with Crippen LogP contribution in [0.1, 0.15) is 11.1 Å². The zero-order chi connectivity index (χ0) is 13.1. The third-order valence-corrected chi connectivity index (χ3v) is 3.22. The zero-order valence-electron chi connectivity index (χ0n) is 11.0. The molecule has 0 heterocycles. The number of hydrogen-bond donors (Lipinski definition) is 0. The summed E-state index contributed by atoms with van der Waals surface area (Å²) >= 11 is 0. The van der Waals surface area contributed by atoms with E-state index in [0.717, 1.165) is 5.75 Å². The minimum Gasteiger partial charge on any atom is -0.489 e. The molecule has 1 heteroatoms. The molecule has 3 aromatic rings. The van der Waals surface area contributed by atoms with Gasteiger partial charge in [0.1, 0.15) is 12.4 Å². The maximum Gasteiger partial charge on any atom is 0.120 e. The fraction of sp³-hybridized carbons (Fsp3) is 0.111. The van der Waals surface area contributed by atoms with Crippen molar-refractivity contribution in [3.8, 4) is 5.75 Å². The van der Waals surface area contributed by atoms with Crippen LogP contribution in [0.2, 0.25) is 0 Å². The van der Waals surface area contributed by atoms with Crippen LogP contribution in [0.5, 0.6) is 5.75 Å². The van der Waals surface area contributed by atoms with Crippen LogP contribution in [-0.2, 0) is 6.61 Å². The molecule has 0 N–H and O–H groups in total. The second-order valence-electron chi connectivity index (χ2n) is 4.79. The van der Waals surface area contributed by atoms with Crippen LogP contribution in [0.3, 0.4) is 0 Å². The van der Waals surface area contributed by atoms with Gasteiger partial charge in [0.05, 0.1) is 0 Å². The Bertz CT molecular complexity index is 686. The van der Waals surface area contributed by atoms with Gasteiger partial charge in [0.2, 0.25) is 0 Å². The molecule has 0 aliphatic carbocycles. The Morgan fingerprint density at radius 1 is 0.789 bits per heavy atom. The summed E-state index contributed by atoms with van der Waals surface area (Å²) in [5, 5.41) is 2.48. The fourth-order valence-electron chi connectivity index (χ4n) is 2.17. The summed E-state index contributed by atoms with van der Waals surface area (Å²) in [5.41, 5.74) is 2.47. The topological polar surface area (TPSA) is 9.23 Å². The van der Waals surface area contributed by atoms with Gasteiger partial charge in [0.25, 0.3) is 0 Å². The lowest BCUT2D eigenvalue weighted by Crippen LogP contribution is -1.94.